The van der Waals surface area contributed by atoms with Crippen molar-refractivity contribution in [2.24, 2.45) is 22.7 Å². The molecular weight excluding hydrogens is 580 g/mol. The Morgan fingerprint density at radius 3 is 2.57 bits per heavy atom. The second-order valence-corrected chi connectivity index (χ2v) is 15.0. The summed E-state index contributed by atoms with van der Waals surface area (Å²) in [4.78, 5) is 28.3. The smallest absolute Gasteiger partial charge is 0.336 e. The zero-order chi connectivity index (χ0) is 31.0. The van der Waals surface area contributed by atoms with E-state index in [0.29, 0.717) is 16.4 Å². The third kappa shape index (κ3) is 4.41. The lowest BCUT2D eigenvalue weighted by Gasteiger charge is -2.67. The zero-order valence-electron chi connectivity index (χ0n) is 24.9. The number of ether oxygens (including phenoxy) is 3. The number of hydrogen-bond acceptors (Lipinski definition) is 11. The van der Waals surface area contributed by atoms with Crippen molar-refractivity contribution >= 4 is 34.9 Å². The van der Waals surface area contributed by atoms with E-state index in [1.54, 1.807) is 52.1 Å². The van der Waals surface area contributed by atoms with Gasteiger partial charge in [0, 0.05) is 35.0 Å². The van der Waals surface area contributed by atoms with Crippen LogP contribution in [0.15, 0.2) is 28.7 Å². The highest BCUT2D eigenvalue weighted by Gasteiger charge is 2.74. The van der Waals surface area contributed by atoms with Crippen LogP contribution in [0.5, 0.6) is 0 Å². The van der Waals surface area contributed by atoms with E-state index in [2.05, 4.69) is 0 Å². The number of thiophene rings is 1. The summed E-state index contributed by atoms with van der Waals surface area (Å²) in [6, 6.07) is 3.48. The van der Waals surface area contributed by atoms with E-state index in [-0.39, 0.29) is 25.0 Å². The largest absolute Gasteiger partial charge is 0.456 e. The molecule has 4 aliphatic rings. The molecule has 232 valence electrons. The van der Waals surface area contributed by atoms with Crippen LogP contribution in [0.25, 0.3) is 0 Å². The summed E-state index contributed by atoms with van der Waals surface area (Å²) in [6.45, 7) is 14.9. The molecule has 9 nitrogen and oxygen atoms in total. The Labute approximate surface area is 255 Å². The van der Waals surface area contributed by atoms with Crippen molar-refractivity contribution in [2.75, 3.05) is 18.8 Å². The Hall–Kier alpha value is -1.31. The van der Waals surface area contributed by atoms with E-state index < -0.39 is 82.1 Å². The molecule has 4 N–H and O–H groups in total. The summed E-state index contributed by atoms with van der Waals surface area (Å²) >= 11 is 2.76. The Kier molecular flexibility index (Phi) is 8.36. The van der Waals surface area contributed by atoms with E-state index >= 15 is 0 Å². The Balaban J connectivity index is 1.59. The number of rotatable bonds is 7. The summed E-state index contributed by atoms with van der Waals surface area (Å²) in [5.74, 6) is -3.75. The standard InChI is InChI=1S/C31H42O9S2/c1-15-18(40-27(35)23(32)16(2)19-9-8-10-42-19)12-31(37)17(3)25-29(6,26(34)24(33)22(15)28(31,4)5)20(39-14-41-7)11-21-30(25,36)13-38-21/h2,8-10,16-18,20-21,23-25,32-33,36-37H,11-14H2,1,3-7H3/t16-,17?,18?,20?,21?,23?,24?,25?,29+,30?,31?/m0/s1. The van der Waals surface area contributed by atoms with E-state index in [4.69, 9.17) is 21.1 Å². The molecule has 0 spiro atoms. The molecule has 9 unspecified atom stereocenters. The third-order valence-electron chi connectivity index (χ3n) is 10.9. The molecule has 3 fully saturated rings. The van der Waals surface area contributed by atoms with Crippen LogP contribution < -0.4 is 0 Å². The summed E-state index contributed by atoms with van der Waals surface area (Å²) < 4.78 is 17.8. The monoisotopic (exact) mass is 622 g/mol. The Bertz CT molecular complexity index is 1250. The molecule has 11 heteroatoms. The number of carbonyl (C=O) groups excluding carboxylic acids is 2. The number of carbonyl (C=O) groups is 2. The van der Waals surface area contributed by atoms with Crippen LogP contribution in [-0.2, 0) is 23.8 Å². The van der Waals surface area contributed by atoms with Crippen molar-refractivity contribution in [3.05, 3.63) is 40.5 Å². The van der Waals surface area contributed by atoms with Gasteiger partial charge in [-0.05, 0) is 55.5 Å². The fourth-order valence-corrected chi connectivity index (χ4v) is 9.53. The van der Waals surface area contributed by atoms with Gasteiger partial charge < -0.3 is 34.6 Å². The normalized spacial score (nSPS) is 42.4. The van der Waals surface area contributed by atoms with Crippen molar-refractivity contribution in [1.29, 1.82) is 0 Å². The van der Waals surface area contributed by atoms with Crippen molar-refractivity contribution in [3.8, 4) is 0 Å². The summed E-state index contributed by atoms with van der Waals surface area (Å²) in [5, 5.41) is 49.2. The predicted octanol–water partition coefficient (Wildman–Crippen LogP) is 2.73. The number of aliphatic hydroxyl groups is 4. The first-order chi connectivity index (χ1) is 19.6. The molecule has 2 bridgehead atoms. The number of esters is 1. The van der Waals surface area contributed by atoms with E-state index in [1.807, 2.05) is 6.26 Å². The molecule has 2 saturated carbocycles. The van der Waals surface area contributed by atoms with Gasteiger partial charge in [0.1, 0.15) is 17.8 Å². The molecule has 42 heavy (non-hydrogen) atoms. The van der Waals surface area contributed by atoms with Gasteiger partial charge in [0.2, 0.25) is 0 Å². The molecule has 5 rings (SSSR count). The van der Waals surface area contributed by atoms with Crippen LogP contribution in [0.1, 0.15) is 58.3 Å². The molecule has 0 amide bonds. The highest BCUT2D eigenvalue weighted by molar-refractivity contribution is 7.98. The van der Waals surface area contributed by atoms with E-state index in [9.17, 15) is 30.0 Å². The first-order valence-electron chi connectivity index (χ1n) is 14.3. The summed E-state index contributed by atoms with van der Waals surface area (Å²) in [6.07, 6.45) is -3.56. The van der Waals surface area contributed by atoms with Crippen LogP contribution >= 0.6 is 23.1 Å². The van der Waals surface area contributed by atoms with Gasteiger partial charge in [0.15, 0.2) is 11.9 Å². The average molecular weight is 623 g/mol. The highest BCUT2D eigenvalue weighted by Crippen LogP contribution is 2.64. The third-order valence-corrected chi connectivity index (χ3v) is 12.3. The number of hydrogen-bond donors (Lipinski definition) is 4. The van der Waals surface area contributed by atoms with Crippen LogP contribution in [0.4, 0.5) is 0 Å². The van der Waals surface area contributed by atoms with Gasteiger partial charge in [0.05, 0.1) is 35.8 Å². The number of Topliss-reactive ketones (excluding diaryl/α,β-unsaturated/α-hetero) is 1. The fourth-order valence-electron chi connectivity index (χ4n) is 8.48. The number of fused-ring (bicyclic) bond motifs is 5. The molecule has 1 aromatic rings. The predicted molar refractivity (Wildman–Crippen MR) is 158 cm³/mol. The maximum atomic E-state index is 14.5. The van der Waals surface area contributed by atoms with Gasteiger partial charge >= 0.3 is 5.97 Å². The number of ketones is 1. The van der Waals surface area contributed by atoms with Gasteiger partial charge in [-0.2, -0.15) is 0 Å². The minimum atomic E-state index is -1.66. The summed E-state index contributed by atoms with van der Waals surface area (Å²) in [5.41, 5.74) is -4.88. The van der Waals surface area contributed by atoms with Gasteiger partial charge in [0.25, 0.3) is 0 Å². The van der Waals surface area contributed by atoms with E-state index in [0.717, 1.165) is 0 Å². The van der Waals surface area contributed by atoms with Gasteiger partial charge in [-0.25, -0.2) is 4.79 Å². The van der Waals surface area contributed by atoms with Crippen molar-refractivity contribution in [2.45, 2.75) is 95.1 Å². The van der Waals surface area contributed by atoms with E-state index in [1.165, 1.54) is 23.1 Å². The lowest BCUT2D eigenvalue weighted by molar-refractivity contribution is -0.338. The molecule has 1 aromatic heterocycles. The second kappa shape index (κ2) is 10.9. The maximum Gasteiger partial charge on any atom is 0.336 e. The first-order valence-corrected chi connectivity index (χ1v) is 16.6. The first kappa shape index (κ1) is 32.1. The topological polar surface area (TPSA) is 143 Å². The fraction of sp³-hybridized carbons (Fsp3) is 0.710. The number of aliphatic hydroxyl groups excluding tert-OH is 2. The van der Waals surface area contributed by atoms with Crippen LogP contribution in [0.2, 0.25) is 0 Å². The zero-order valence-corrected chi connectivity index (χ0v) is 26.5. The quantitative estimate of drug-likeness (QED) is 0.204. The molecule has 2 heterocycles. The highest BCUT2D eigenvalue weighted by atomic mass is 32.2. The molecule has 2 radical (unpaired) electrons. The minimum absolute atomic E-state index is 0.00959. The number of thioether (sulfide) groups is 1. The Morgan fingerprint density at radius 1 is 1.31 bits per heavy atom. The molecule has 11 atom stereocenters. The SMILES string of the molecule is [CH][C@@H](c1cccs1)C(O)C(=O)OC1CC2(O)C(C)C3C4(O)COC4CC(OCSC)[C@@]3(C)C(=O)C(O)C(=C1C)C2(C)C. The molecule has 0 aromatic carbocycles. The lowest BCUT2D eigenvalue weighted by Crippen LogP contribution is -2.79. The molecular formula is C31H42O9S2. The minimum Gasteiger partial charge on any atom is -0.456 e. The summed E-state index contributed by atoms with van der Waals surface area (Å²) in [7, 11) is 0. The van der Waals surface area contributed by atoms with Gasteiger partial charge in [-0.3, -0.25) is 4.79 Å². The maximum absolute atomic E-state index is 14.5. The van der Waals surface area contributed by atoms with Crippen molar-refractivity contribution < 1.29 is 44.2 Å². The van der Waals surface area contributed by atoms with Crippen molar-refractivity contribution in [3.63, 3.8) is 0 Å². The molecule has 1 aliphatic heterocycles. The van der Waals surface area contributed by atoms with Crippen molar-refractivity contribution in [1.82, 2.24) is 0 Å². The van der Waals surface area contributed by atoms with Crippen LogP contribution in [0, 0.1) is 29.6 Å². The molecule has 3 aliphatic carbocycles. The average Bonchev–Trinajstić information content (AvgIpc) is 3.47. The molecule has 1 saturated heterocycles. The lowest BCUT2D eigenvalue weighted by atomic mass is 9.43. The van der Waals surface area contributed by atoms with Crippen LogP contribution in [-0.4, -0.2) is 92.7 Å². The van der Waals surface area contributed by atoms with Gasteiger partial charge in [-0.1, -0.05) is 26.8 Å². The van der Waals surface area contributed by atoms with Gasteiger partial charge in [-0.15, -0.1) is 23.1 Å². The second-order valence-electron chi connectivity index (χ2n) is 13.2. The van der Waals surface area contributed by atoms with Crippen LogP contribution in [0.3, 0.4) is 0 Å². The Morgan fingerprint density at radius 2 is 2.00 bits per heavy atom.